The Labute approximate surface area is 99.9 Å². The van der Waals surface area contributed by atoms with Crippen molar-refractivity contribution >= 4 is 6.47 Å². The van der Waals surface area contributed by atoms with Crippen LogP contribution in [-0.2, 0) is 22.6 Å². The lowest BCUT2D eigenvalue weighted by Gasteiger charge is -2.07. The Balaban J connectivity index is 2.12. The lowest BCUT2D eigenvalue weighted by atomic mass is 10.0. The van der Waals surface area contributed by atoms with Gasteiger partial charge in [-0.05, 0) is 34.2 Å². The molecule has 0 unspecified atom stereocenters. The minimum atomic E-state index is 0.293. The number of hydrogen-bond acceptors (Lipinski definition) is 2. The third-order valence-corrected chi connectivity index (χ3v) is 3.19. The second-order valence-electron chi connectivity index (χ2n) is 4.16. The summed E-state index contributed by atoms with van der Waals surface area (Å²) in [7, 11) is 0. The van der Waals surface area contributed by atoms with Crippen LogP contribution in [0.3, 0.4) is 0 Å². The van der Waals surface area contributed by atoms with Gasteiger partial charge < -0.3 is 4.74 Å². The van der Waals surface area contributed by atoms with Gasteiger partial charge in [-0.3, -0.25) is 0 Å². The van der Waals surface area contributed by atoms with Crippen molar-refractivity contribution in [2.45, 2.75) is 13.0 Å². The number of fused-ring (bicyclic) bond motifs is 3. The van der Waals surface area contributed by atoms with Gasteiger partial charge in [0.15, 0.2) is 0 Å². The first-order valence-corrected chi connectivity index (χ1v) is 5.58. The molecule has 0 atom stereocenters. The molecule has 1 aliphatic carbocycles. The highest BCUT2D eigenvalue weighted by Gasteiger charge is 2.20. The maximum atomic E-state index is 10.2. The zero-order valence-corrected chi connectivity index (χ0v) is 9.27. The molecule has 17 heavy (non-hydrogen) atoms. The molecule has 0 bridgehead atoms. The number of hydrogen-bond donors (Lipinski definition) is 0. The highest BCUT2D eigenvalue weighted by molar-refractivity contribution is 5.79. The SMILES string of the molecule is O=[C]OCc1cccc2c1-c1ccccc1C2. The zero-order chi connectivity index (χ0) is 11.7. The average molecular weight is 223 g/mol. The van der Waals surface area contributed by atoms with E-state index in [4.69, 9.17) is 4.74 Å². The summed E-state index contributed by atoms with van der Waals surface area (Å²) in [5.74, 6) is 0. The monoisotopic (exact) mass is 223 g/mol. The topological polar surface area (TPSA) is 26.3 Å². The maximum absolute atomic E-state index is 10.2. The minimum absolute atomic E-state index is 0.293. The van der Waals surface area contributed by atoms with Gasteiger partial charge in [-0.2, -0.15) is 0 Å². The van der Waals surface area contributed by atoms with Gasteiger partial charge in [0, 0.05) is 0 Å². The van der Waals surface area contributed by atoms with E-state index >= 15 is 0 Å². The van der Waals surface area contributed by atoms with Crippen molar-refractivity contribution in [3.8, 4) is 11.1 Å². The molecule has 3 rings (SSSR count). The van der Waals surface area contributed by atoms with Crippen molar-refractivity contribution in [2.75, 3.05) is 0 Å². The molecular weight excluding hydrogens is 212 g/mol. The van der Waals surface area contributed by atoms with Crippen LogP contribution < -0.4 is 0 Å². The molecule has 0 N–H and O–H groups in total. The van der Waals surface area contributed by atoms with Gasteiger partial charge in [0.25, 0.3) is 0 Å². The summed E-state index contributed by atoms with van der Waals surface area (Å²) in [5, 5.41) is 0. The second-order valence-corrected chi connectivity index (χ2v) is 4.16. The Kier molecular flexibility index (Phi) is 2.41. The van der Waals surface area contributed by atoms with Gasteiger partial charge in [-0.1, -0.05) is 42.5 Å². The molecular formula is C15H11O2. The van der Waals surface area contributed by atoms with E-state index in [1.165, 1.54) is 28.7 Å². The molecule has 0 saturated carbocycles. The first-order chi connectivity index (χ1) is 8.40. The second kappa shape index (κ2) is 4.06. The predicted molar refractivity (Wildman–Crippen MR) is 65.2 cm³/mol. The Morgan fingerprint density at radius 1 is 1.06 bits per heavy atom. The smallest absolute Gasteiger partial charge is 0.417 e. The van der Waals surface area contributed by atoms with Crippen LogP contribution in [-0.4, -0.2) is 6.47 Å². The quantitative estimate of drug-likeness (QED) is 0.682. The number of carbonyl (C=O) groups excluding carboxylic acids is 1. The maximum Gasteiger partial charge on any atom is 0.417 e. The van der Waals surface area contributed by atoms with E-state index in [2.05, 4.69) is 24.3 Å². The fourth-order valence-electron chi connectivity index (χ4n) is 2.50. The highest BCUT2D eigenvalue weighted by atomic mass is 16.5. The molecule has 0 aromatic heterocycles. The molecule has 2 nitrogen and oxygen atoms in total. The standard InChI is InChI=1S/C15H11O2/c16-10-17-9-13-6-3-5-12-8-11-4-1-2-7-14(11)15(12)13/h1-7H,8-9H2. The van der Waals surface area contributed by atoms with E-state index in [0.717, 1.165) is 12.0 Å². The summed E-state index contributed by atoms with van der Waals surface area (Å²) in [6.07, 6.45) is 0.962. The third-order valence-electron chi connectivity index (χ3n) is 3.19. The Hall–Kier alpha value is -2.09. The summed E-state index contributed by atoms with van der Waals surface area (Å²) in [6, 6.07) is 14.5. The van der Waals surface area contributed by atoms with Gasteiger partial charge in [-0.25, -0.2) is 4.79 Å². The predicted octanol–water partition coefficient (Wildman–Crippen LogP) is 2.84. The zero-order valence-electron chi connectivity index (χ0n) is 9.27. The molecule has 0 heterocycles. The largest absolute Gasteiger partial charge is 0.452 e. The minimum Gasteiger partial charge on any atom is -0.452 e. The number of rotatable bonds is 3. The van der Waals surface area contributed by atoms with Gasteiger partial charge in [0.05, 0.1) is 0 Å². The van der Waals surface area contributed by atoms with Crippen LogP contribution in [0.5, 0.6) is 0 Å². The molecule has 0 amide bonds. The molecule has 1 aliphatic rings. The Morgan fingerprint density at radius 3 is 2.76 bits per heavy atom. The molecule has 2 heteroatoms. The van der Waals surface area contributed by atoms with Crippen molar-refractivity contribution in [3.05, 3.63) is 59.2 Å². The summed E-state index contributed by atoms with van der Waals surface area (Å²) < 4.78 is 4.75. The van der Waals surface area contributed by atoms with E-state index in [1.807, 2.05) is 18.2 Å². The Morgan fingerprint density at radius 2 is 1.88 bits per heavy atom. The lowest BCUT2D eigenvalue weighted by Crippen LogP contribution is -1.94. The lowest BCUT2D eigenvalue weighted by molar-refractivity contribution is 0.267. The molecule has 83 valence electrons. The first kappa shape index (κ1) is 10.1. The van der Waals surface area contributed by atoms with Crippen molar-refractivity contribution in [2.24, 2.45) is 0 Å². The van der Waals surface area contributed by atoms with E-state index in [9.17, 15) is 4.79 Å². The molecule has 1 radical (unpaired) electrons. The van der Waals surface area contributed by atoms with Crippen molar-refractivity contribution in [1.82, 2.24) is 0 Å². The van der Waals surface area contributed by atoms with Crippen LogP contribution in [0, 0.1) is 0 Å². The molecule has 0 spiro atoms. The van der Waals surface area contributed by atoms with Crippen molar-refractivity contribution < 1.29 is 9.53 Å². The van der Waals surface area contributed by atoms with E-state index in [0.29, 0.717) is 6.61 Å². The first-order valence-electron chi connectivity index (χ1n) is 5.58. The van der Waals surface area contributed by atoms with Crippen LogP contribution in [0.25, 0.3) is 11.1 Å². The van der Waals surface area contributed by atoms with Crippen LogP contribution >= 0.6 is 0 Å². The van der Waals surface area contributed by atoms with Gasteiger partial charge >= 0.3 is 6.47 Å². The van der Waals surface area contributed by atoms with E-state index < -0.39 is 0 Å². The van der Waals surface area contributed by atoms with Crippen LogP contribution in [0.15, 0.2) is 42.5 Å². The highest BCUT2D eigenvalue weighted by Crippen LogP contribution is 2.38. The summed E-state index contributed by atoms with van der Waals surface area (Å²) in [5.41, 5.74) is 6.17. The van der Waals surface area contributed by atoms with E-state index in [1.54, 1.807) is 0 Å². The molecule has 0 aliphatic heterocycles. The summed E-state index contributed by atoms with van der Waals surface area (Å²) >= 11 is 0. The van der Waals surface area contributed by atoms with Gasteiger partial charge in [0.1, 0.15) is 6.61 Å². The molecule has 2 aromatic carbocycles. The van der Waals surface area contributed by atoms with Gasteiger partial charge in [0.2, 0.25) is 0 Å². The van der Waals surface area contributed by atoms with Crippen LogP contribution in [0.4, 0.5) is 0 Å². The van der Waals surface area contributed by atoms with Crippen LogP contribution in [0.2, 0.25) is 0 Å². The van der Waals surface area contributed by atoms with Crippen molar-refractivity contribution in [1.29, 1.82) is 0 Å². The number of benzene rings is 2. The summed E-state index contributed by atoms with van der Waals surface area (Å²) in [6.45, 7) is 1.77. The number of ether oxygens (including phenoxy) is 1. The van der Waals surface area contributed by atoms with E-state index in [-0.39, 0.29) is 0 Å². The third kappa shape index (κ3) is 1.62. The average Bonchev–Trinajstić information content (AvgIpc) is 2.75. The van der Waals surface area contributed by atoms with Crippen molar-refractivity contribution in [3.63, 3.8) is 0 Å². The molecule has 0 fully saturated rings. The van der Waals surface area contributed by atoms with Gasteiger partial charge in [-0.15, -0.1) is 0 Å². The fraction of sp³-hybridized carbons (Fsp3) is 0.133. The summed E-state index contributed by atoms with van der Waals surface area (Å²) in [4.78, 5) is 10.2. The normalized spacial score (nSPS) is 11.8. The molecule has 2 aromatic rings. The molecule has 0 saturated heterocycles. The Bertz CT molecular complexity index is 573. The fourth-order valence-corrected chi connectivity index (χ4v) is 2.50. The van der Waals surface area contributed by atoms with Crippen LogP contribution in [0.1, 0.15) is 16.7 Å².